The van der Waals surface area contributed by atoms with Gasteiger partial charge in [0.05, 0.1) is 4.90 Å². The van der Waals surface area contributed by atoms with Gasteiger partial charge in [-0.15, -0.1) is 0 Å². The second kappa shape index (κ2) is 10.1. The largest absolute Gasteiger partial charge is 0.356 e. The van der Waals surface area contributed by atoms with Crippen molar-refractivity contribution in [3.63, 3.8) is 0 Å². The normalized spacial score (nSPS) is 17.1. The predicted octanol–water partition coefficient (Wildman–Crippen LogP) is 2.19. The van der Waals surface area contributed by atoms with Gasteiger partial charge in [-0.2, -0.15) is 0 Å². The van der Waals surface area contributed by atoms with Gasteiger partial charge in [-0.25, -0.2) is 8.42 Å². The molecule has 1 saturated heterocycles. The molecular formula is C20H34N4O2S. The highest BCUT2D eigenvalue weighted by molar-refractivity contribution is 7.90. The molecule has 0 amide bonds. The van der Waals surface area contributed by atoms with E-state index < -0.39 is 9.84 Å². The number of nitrogens with one attached hydrogen (secondary N) is 2. The summed E-state index contributed by atoms with van der Waals surface area (Å²) >= 11 is 0. The van der Waals surface area contributed by atoms with Crippen molar-refractivity contribution in [2.24, 2.45) is 10.9 Å². The van der Waals surface area contributed by atoms with Crippen LogP contribution in [-0.2, 0) is 16.4 Å². The number of likely N-dealkylation sites (tertiary alicyclic amines) is 1. The van der Waals surface area contributed by atoms with Crippen molar-refractivity contribution in [2.45, 2.75) is 44.6 Å². The van der Waals surface area contributed by atoms with Gasteiger partial charge in [0.15, 0.2) is 15.8 Å². The molecule has 1 aliphatic rings. The summed E-state index contributed by atoms with van der Waals surface area (Å²) in [5, 5.41) is 6.75. The van der Waals surface area contributed by atoms with Crippen molar-refractivity contribution >= 4 is 15.8 Å². The first-order chi connectivity index (χ1) is 12.8. The van der Waals surface area contributed by atoms with Crippen LogP contribution in [-0.4, -0.2) is 58.8 Å². The van der Waals surface area contributed by atoms with Gasteiger partial charge in [0.25, 0.3) is 0 Å². The van der Waals surface area contributed by atoms with E-state index in [1.165, 1.54) is 45.2 Å². The zero-order valence-electron chi connectivity index (χ0n) is 17.1. The average Bonchev–Trinajstić information content (AvgIpc) is 2.62. The zero-order valence-corrected chi connectivity index (χ0v) is 17.9. The molecule has 0 atom stereocenters. The van der Waals surface area contributed by atoms with Crippen molar-refractivity contribution < 1.29 is 8.42 Å². The third-order valence-corrected chi connectivity index (χ3v) is 6.38. The summed E-state index contributed by atoms with van der Waals surface area (Å²) in [5.74, 6) is 1.48. The molecule has 7 heteroatoms. The third kappa shape index (κ3) is 6.81. The summed E-state index contributed by atoms with van der Waals surface area (Å²) in [6, 6.07) is 5.45. The maximum atomic E-state index is 11.7. The standard InChI is InChI=1S/C20H34N4O2S/c1-5-10-24-11-8-17(9-12-24)14-22-20(21-3)23-15-18-6-7-19(16(2)13-18)27(4,25)26/h6-7,13,17H,5,8-12,14-15H2,1-4H3,(H2,21,22,23). The van der Waals surface area contributed by atoms with Crippen LogP contribution in [0.3, 0.4) is 0 Å². The fourth-order valence-electron chi connectivity index (χ4n) is 3.62. The summed E-state index contributed by atoms with van der Waals surface area (Å²) < 4.78 is 23.4. The highest BCUT2D eigenvalue weighted by Gasteiger charge is 2.18. The number of piperidine rings is 1. The Kier molecular flexibility index (Phi) is 8.10. The smallest absolute Gasteiger partial charge is 0.191 e. The Morgan fingerprint density at radius 3 is 2.52 bits per heavy atom. The van der Waals surface area contributed by atoms with E-state index in [0.29, 0.717) is 17.4 Å². The molecular weight excluding hydrogens is 360 g/mol. The highest BCUT2D eigenvalue weighted by atomic mass is 32.2. The van der Waals surface area contributed by atoms with Gasteiger partial charge in [-0.3, -0.25) is 4.99 Å². The molecule has 0 bridgehead atoms. The van der Waals surface area contributed by atoms with Crippen molar-refractivity contribution in [1.82, 2.24) is 15.5 Å². The van der Waals surface area contributed by atoms with Crippen LogP contribution in [0.5, 0.6) is 0 Å². The molecule has 1 heterocycles. The fraction of sp³-hybridized carbons (Fsp3) is 0.650. The van der Waals surface area contributed by atoms with Crippen molar-refractivity contribution in [3.8, 4) is 0 Å². The molecule has 27 heavy (non-hydrogen) atoms. The molecule has 0 saturated carbocycles. The number of aryl methyl sites for hydroxylation is 1. The van der Waals surface area contributed by atoms with Crippen LogP contribution < -0.4 is 10.6 Å². The number of guanidine groups is 1. The number of aliphatic imine (C=N–C) groups is 1. The maximum absolute atomic E-state index is 11.7. The summed E-state index contributed by atoms with van der Waals surface area (Å²) in [6.07, 6.45) is 4.93. The topological polar surface area (TPSA) is 73.8 Å². The highest BCUT2D eigenvalue weighted by Crippen LogP contribution is 2.17. The molecule has 152 valence electrons. The lowest BCUT2D eigenvalue weighted by Crippen LogP contribution is -2.42. The minimum Gasteiger partial charge on any atom is -0.356 e. The molecule has 1 aromatic carbocycles. The van der Waals surface area contributed by atoms with Gasteiger partial charge in [-0.05, 0) is 68.9 Å². The van der Waals surface area contributed by atoms with Crippen LogP contribution in [0.2, 0.25) is 0 Å². The quantitative estimate of drug-likeness (QED) is 0.548. The third-order valence-electron chi connectivity index (χ3n) is 5.13. The van der Waals surface area contributed by atoms with E-state index in [1.54, 1.807) is 13.1 Å². The molecule has 0 spiro atoms. The fourth-order valence-corrected chi connectivity index (χ4v) is 4.57. The first-order valence-electron chi connectivity index (χ1n) is 9.80. The summed E-state index contributed by atoms with van der Waals surface area (Å²) in [7, 11) is -1.40. The van der Waals surface area contributed by atoms with Crippen LogP contribution in [0.4, 0.5) is 0 Å². The van der Waals surface area contributed by atoms with Crippen molar-refractivity contribution in [1.29, 1.82) is 0 Å². The molecule has 1 fully saturated rings. The van der Waals surface area contributed by atoms with Gasteiger partial charge >= 0.3 is 0 Å². The maximum Gasteiger partial charge on any atom is 0.191 e. The van der Waals surface area contributed by atoms with Gasteiger partial charge in [0, 0.05) is 26.4 Å². The number of benzene rings is 1. The average molecular weight is 395 g/mol. The van der Waals surface area contributed by atoms with Crippen LogP contribution in [0.25, 0.3) is 0 Å². The lowest BCUT2D eigenvalue weighted by Gasteiger charge is -2.32. The number of hydrogen-bond acceptors (Lipinski definition) is 4. The van der Waals surface area contributed by atoms with E-state index in [1.807, 2.05) is 19.1 Å². The minimum absolute atomic E-state index is 0.392. The van der Waals surface area contributed by atoms with Gasteiger partial charge < -0.3 is 15.5 Å². The summed E-state index contributed by atoms with van der Waals surface area (Å²) in [6.45, 7) is 9.21. The van der Waals surface area contributed by atoms with E-state index in [-0.39, 0.29) is 0 Å². The molecule has 1 aliphatic heterocycles. The number of sulfone groups is 1. The first kappa shape index (κ1) is 21.7. The Morgan fingerprint density at radius 2 is 1.96 bits per heavy atom. The Balaban J connectivity index is 1.80. The van der Waals surface area contributed by atoms with E-state index >= 15 is 0 Å². The Labute approximate surface area is 164 Å². The van der Waals surface area contributed by atoms with E-state index in [4.69, 9.17) is 0 Å². The molecule has 0 aromatic heterocycles. The lowest BCUT2D eigenvalue weighted by atomic mass is 9.97. The zero-order chi connectivity index (χ0) is 19.9. The second-order valence-electron chi connectivity index (χ2n) is 7.46. The van der Waals surface area contributed by atoms with Gasteiger partial charge in [0.2, 0.25) is 0 Å². The Morgan fingerprint density at radius 1 is 1.26 bits per heavy atom. The van der Waals surface area contributed by atoms with Crippen LogP contribution >= 0.6 is 0 Å². The molecule has 0 aliphatic carbocycles. The van der Waals surface area contributed by atoms with Gasteiger partial charge in [0.1, 0.15) is 0 Å². The molecule has 6 nitrogen and oxygen atoms in total. The predicted molar refractivity (Wildman–Crippen MR) is 112 cm³/mol. The van der Waals surface area contributed by atoms with Crippen LogP contribution in [0.1, 0.15) is 37.3 Å². The number of nitrogens with zero attached hydrogens (tertiary/aromatic N) is 2. The molecule has 2 N–H and O–H groups in total. The monoisotopic (exact) mass is 394 g/mol. The van der Waals surface area contributed by atoms with E-state index in [0.717, 1.165) is 23.6 Å². The second-order valence-corrected chi connectivity index (χ2v) is 9.45. The summed E-state index contributed by atoms with van der Waals surface area (Å²) in [5.41, 5.74) is 1.81. The Bertz CT molecular complexity index is 738. The molecule has 0 unspecified atom stereocenters. The minimum atomic E-state index is -3.17. The van der Waals surface area contributed by atoms with E-state index in [2.05, 4.69) is 27.4 Å². The molecule has 2 rings (SSSR count). The van der Waals surface area contributed by atoms with Crippen molar-refractivity contribution in [2.75, 3.05) is 39.5 Å². The lowest BCUT2D eigenvalue weighted by molar-refractivity contribution is 0.185. The number of hydrogen-bond donors (Lipinski definition) is 2. The van der Waals surface area contributed by atoms with Crippen LogP contribution in [0.15, 0.2) is 28.1 Å². The molecule has 1 aromatic rings. The Hall–Kier alpha value is -1.60. The van der Waals surface area contributed by atoms with Gasteiger partial charge in [-0.1, -0.05) is 19.1 Å². The van der Waals surface area contributed by atoms with Crippen molar-refractivity contribution in [3.05, 3.63) is 29.3 Å². The summed E-state index contributed by atoms with van der Waals surface area (Å²) in [4.78, 5) is 7.24. The van der Waals surface area contributed by atoms with Crippen LogP contribution in [0, 0.1) is 12.8 Å². The SMILES string of the molecule is CCCN1CCC(CNC(=NC)NCc2ccc(S(C)(=O)=O)c(C)c2)CC1. The van der Waals surface area contributed by atoms with E-state index in [9.17, 15) is 8.42 Å². The first-order valence-corrected chi connectivity index (χ1v) is 11.7. The molecule has 0 radical (unpaired) electrons. The number of rotatable bonds is 7.